The van der Waals surface area contributed by atoms with E-state index in [9.17, 15) is 5.11 Å². The molecular formula is C11H15N3O. The van der Waals surface area contributed by atoms with Crippen molar-refractivity contribution >= 4 is 5.70 Å². The van der Waals surface area contributed by atoms with Crippen molar-refractivity contribution in [2.75, 3.05) is 0 Å². The molecule has 0 atom stereocenters. The van der Waals surface area contributed by atoms with Gasteiger partial charge in [0.2, 0.25) is 0 Å². The van der Waals surface area contributed by atoms with Crippen molar-refractivity contribution in [2.24, 2.45) is 17.2 Å². The molecule has 0 saturated carbocycles. The molecule has 80 valence electrons. The number of hydrogen-bond donors (Lipinski definition) is 4. The quantitative estimate of drug-likeness (QED) is 0.538. The molecule has 0 aliphatic carbocycles. The number of phenols is 1. The average Bonchev–Trinajstić information content (AvgIpc) is 2.18. The summed E-state index contributed by atoms with van der Waals surface area (Å²) in [6.07, 6.45) is 1.63. The second kappa shape index (κ2) is 4.41. The predicted molar refractivity (Wildman–Crippen MR) is 61.3 cm³/mol. The van der Waals surface area contributed by atoms with Gasteiger partial charge in [0, 0.05) is 11.3 Å². The van der Waals surface area contributed by atoms with Gasteiger partial charge in [0.25, 0.3) is 0 Å². The van der Waals surface area contributed by atoms with Gasteiger partial charge in [0.1, 0.15) is 5.75 Å². The zero-order valence-corrected chi connectivity index (χ0v) is 8.57. The number of benzene rings is 1. The lowest BCUT2D eigenvalue weighted by molar-refractivity contribution is 0.473. The Bertz CT molecular complexity index is 418. The summed E-state index contributed by atoms with van der Waals surface area (Å²) in [5.41, 5.74) is 18.3. The standard InChI is InChI=1S/C11H15N3O/c1-7(11(13)14)6-9(12)8-4-2-3-5-10(8)15/h2-6,15H,12-14H2,1H3/b9-6-. The number of hydrogen-bond acceptors (Lipinski definition) is 4. The minimum atomic E-state index is 0.134. The van der Waals surface area contributed by atoms with Crippen LogP contribution in [0.15, 0.2) is 41.7 Å². The van der Waals surface area contributed by atoms with Crippen LogP contribution in [-0.4, -0.2) is 5.11 Å². The monoisotopic (exact) mass is 205 g/mol. The summed E-state index contributed by atoms with van der Waals surface area (Å²) in [5, 5.41) is 9.53. The van der Waals surface area contributed by atoms with Gasteiger partial charge in [-0.1, -0.05) is 12.1 Å². The zero-order valence-electron chi connectivity index (χ0n) is 8.57. The van der Waals surface area contributed by atoms with Gasteiger partial charge in [-0.15, -0.1) is 0 Å². The number of aromatic hydroxyl groups is 1. The first-order valence-corrected chi connectivity index (χ1v) is 4.49. The average molecular weight is 205 g/mol. The molecule has 0 amide bonds. The molecule has 4 nitrogen and oxygen atoms in total. The summed E-state index contributed by atoms with van der Waals surface area (Å²) in [7, 11) is 0. The van der Waals surface area contributed by atoms with E-state index in [1.165, 1.54) is 0 Å². The van der Waals surface area contributed by atoms with Crippen molar-refractivity contribution in [1.29, 1.82) is 0 Å². The van der Waals surface area contributed by atoms with E-state index in [-0.39, 0.29) is 11.6 Å². The number of allylic oxidation sites excluding steroid dienone is 2. The first-order chi connectivity index (χ1) is 7.02. The maximum atomic E-state index is 9.53. The Labute approximate surface area is 88.7 Å². The predicted octanol–water partition coefficient (Wildman–Crippen LogP) is 0.841. The number of phenolic OH excluding ortho intramolecular Hbond substituents is 1. The van der Waals surface area contributed by atoms with E-state index in [1.807, 2.05) is 0 Å². The van der Waals surface area contributed by atoms with Gasteiger partial charge in [0.15, 0.2) is 0 Å². The number of para-hydroxylation sites is 1. The molecule has 0 aliphatic rings. The third-order valence-corrected chi connectivity index (χ3v) is 2.04. The Morgan fingerprint density at radius 3 is 2.33 bits per heavy atom. The zero-order chi connectivity index (χ0) is 11.4. The lowest BCUT2D eigenvalue weighted by Gasteiger charge is -2.05. The van der Waals surface area contributed by atoms with Crippen LogP contribution >= 0.6 is 0 Å². The molecule has 0 saturated heterocycles. The smallest absolute Gasteiger partial charge is 0.124 e. The Balaban J connectivity index is 3.11. The van der Waals surface area contributed by atoms with Crippen LogP contribution < -0.4 is 17.2 Å². The van der Waals surface area contributed by atoms with E-state index in [0.29, 0.717) is 16.8 Å². The summed E-state index contributed by atoms with van der Waals surface area (Å²) >= 11 is 0. The number of rotatable bonds is 2. The van der Waals surface area contributed by atoms with Crippen LogP contribution in [0.4, 0.5) is 0 Å². The summed E-state index contributed by atoms with van der Waals surface area (Å²) in [4.78, 5) is 0. The molecular weight excluding hydrogens is 190 g/mol. The Hall–Kier alpha value is -2.10. The van der Waals surface area contributed by atoms with Crippen LogP contribution in [0.25, 0.3) is 5.70 Å². The van der Waals surface area contributed by atoms with Gasteiger partial charge in [-0.25, -0.2) is 0 Å². The SMILES string of the molecule is CC(/C=C(\N)c1ccccc1O)=C(N)N. The molecule has 7 N–H and O–H groups in total. The molecule has 0 bridgehead atoms. The molecule has 1 rings (SSSR count). The first-order valence-electron chi connectivity index (χ1n) is 4.49. The van der Waals surface area contributed by atoms with Crippen molar-refractivity contribution in [3.63, 3.8) is 0 Å². The Morgan fingerprint density at radius 2 is 1.80 bits per heavy atom. The molecule has 0 aromatic heterocycles. The van der Waals surface area contributed by atoms with Gasteiger partial charge < -0.3 is 22.3 Å². The van der Waals surface area contributed by atoms with Gasteiger partial charge in [-0.05, 0) is 30.7 Å². The van der Waals surface area contributed by atoms with Gasteiger partial charge in [-0.2, -0.15) is 0 Å². The van der Waals surface area contributed by atoms with Gasteiger partial charge in [0.05, 0.1) is 5.82 Å². The number of nitrogens with two attached hydrogens (primary N) is 3. The van der Waals surface area contributed by atoms with E-state index in [0.717, 1.165) is 0 Å². The van der Waals surface area contributed by atoms with Crippen molar-refractivity contribution in [3.05, 3.63) is 47.3 Å². The normalized spacial score (nSPS) is 11.1. The molecule has 0 unspecified atom stereocenters. The van der Waals surface area contributed by atoms with Crippen LogP contribution in [-0.2, 0) is 0 Å². The molecule has 0 fully saturated rings. The van der Waals surface area contributed by atoms with Crippen LogP contribution in [0, 0.1) is 0 Å². The summed E-state index contributed by atoms with van der Waals surface area (Å²) < 4.78 is 0. The summed E-state index contributed by atoms with van der Waals surface area (Å²) in [5.74, 6) is 0.350. The van der Waals surface area contributed by atoms with Crippen molar-refractivity contribution in [2.45, 2.75) is 6.92 Å². The van der Waals surface area contributed by atoms with E-state index < -0.39 is 0 Å². The highest BCUT2D eigenvalue weighted by molar-refractivity contribution is 5.69. The molecule has 15 heavy (non-hydrogen) atoms. The summed E-state index contributed by atoms with van der Waals surface area (Å²) in [6, 6.07) is 6.81. The largest absolute Gasteiger partial charge is 0.507 e. The Morgan fingerprint density at radius 1 is 1.20 bits per heavy atom. The fourth-order valence-electron chi connectivity index (χ4n) is 1.11. The maximum Gasteiger partial charge on any atom is 0.124 e. The van der Waals surface area contributed by atoms with Crippen molar-refractivity contribution < 1.29 is 5.11 Å². The van der Waals surface area contributed by atoms with Crippen LogP contribution in [0.1, 0.15) is 12.5 Å². The minimum Gasteiger partial charge on any atom is -0.507 e. The topological polar surface area (TPSA) is 98.3 Å². The van der Waals surface area contributed by atoms with Crippen LogP contribution in [0.2, 0.25) is 0 Å². The molecule has 0 spiro atoms. The highest BCUT2D eigenvalue weighted by Gasteiger charge is 2.02. The highest BCUT2D eigenvalue weighted by Crippen LogP contribution is 2.21. The lowest BCUT2D eigenvalue weighted by atomic mass is 10.1. The van der Waals surface area contributed by atoms with Crippen molar-refractivity contribution in [3.8, 4) is 5.75 Å². The van der Waals surface area contributed by atoms with E-state index in [1.54, 1.807) is 37.3 Å². The van der Waals surface area contributed by atoms with E-state index in [2.05, 4.69) is 0 Å². The fraction of sp³-hybridized carbons (Fsp3) is 0.0909. The van der Waals surface area contributed by atoms with Gasteiger partial charge >= 0.3 is 0 Å². The van der Waals surface area contributed by atoms with Crippen LogP contribution in [0.3, 0.4) is 0 Å². The minimum absolute atomic E-state index is 0.134. The molecule has 1 aromatic carbocycles. The third kappa shape index (κ3) is 2.67. The maximum absolute atomic E-state index is 9.53. The van der Waals surface area contributed by atoms with E-state index in [4.69, 9.17) is 17.2 Å². The molecule has 4 heteroatoms. The second-order valence-electron chi connectivity index (χ2n) is 3.26. The molecule has 0 aliphatic heterocycles. The Kier molecular flexibility index (Phi) is 3.23. The third-order valence-electron chi connectivity index (χ3n) is 2.04. The lowest BCUT2D eigenvalue weighted by Crippen LogP contribution is -2.10. The van der Waals surface area contributed by atoms with Crippen LogP contribution in [0.5, 0.6) is 5.75 Å². The first kappa shape index (κ1) is 11.0. The summed E-state index contributed by atoms with van der Waals surface area (Å²) in [6.45, 7) is 1.75. The van der Waals surface area contributed by atoms with E-state index >= 15 is 0 Å². The highest BCUT2D eigenvalue weighted by atomic mass is 16.3. The van der Waals surface area contributed by atoms with Crippen molar-refractivity contribution in [1.82, 2.24) is 0 Å². The molecule has 0 heterocycles. The van der Waals surface area contributed by atoms with Gasteiger partial charge in [-0.3, -0.25) is 0 Å². The molecule has 0 radical (unpaired) electrons. The fourth-order valence-corrected chi connectivity index (χ4v) is 1.11. The molecule has 1 aromatic rings. The second-order valence-corrected chi connectivity index (χ2v) is 3.26.